The minimum absolute atomic E-state index is 0. The lowest BCUT2D eigenvalue weighted by atomic mass is 10.2. The average Bonchev–Trinajstić information content (AvgIpc) is 2.88. The minimum atomic E-state index is -0.0373. The Morgan fingerprint density at radius 3 is 2.67 bits per heavy atom. The van der Waals surface area contributed by atoms with Crippen molar-refractivity contribution in [1.82, 2.24) is 15.8 Å². The molecule has 1 aromatic carbocycles. The zero-order chi connectivity index (χ0) is 16.7. The van der Waals surface area contributed by atoms with E-state index in [1.807, 2.05) is 45.0 Å². The Balaban J connectivity index is 0.00000288. The van der Waals surface area contributed by atoms with Crippen molar-refractivity contribution in [2.45, 2.75) is 31.4 Å². The molecule has 0 radical (unpaired) electrons. The van der Waals surface area contributed by atoms with Gasteiger partial charge in [-0.05, 0) is 32.5 Å². The number of hydrogen-bond donors (Lipinski definition) is 2. The van der Waals surface area contributed by atoms with Gasteiger partial charge in [0.05, 0.1) is 11.3 Å². The SMILES string of the molecule is CCNCCNC(=O)c1ccccc1SCc1c(C)noc1C.Cl. The minimum Gasteiger partial charge on any atom is -0.361 e. The first-order valence-electron chi connectivity index (χ1n) is 7.76. The zero-order valence-corrected chi connectivity index (χ0v) is 15.9. The summed E-state index contributed by atoms with van der Waals surface area (Å²) in [5, 5.41) is 10.1. The number of amides is 1. The van der Waals surface area contributed by atoms with Crippen molar-refractivity contribution in [1.29, 1.82) is 0 Å². The number of aryl methyl sites for hydroxylation is 2. The molecule has 7 heteroatoms. The second-order valence-electron chi connectivity index (χ2n) is 5.20. The summed E-state index contributed by atoms with van der Waals surface area (Å²) >= 11 is 1.63. The Hall–Kier alpha value is -1.50. The first kappa shape index (κ1) is 20.5. The van der Waals surface area contributed by atoms with Gasteiger partial charge >= 0.3 is 0 Å². The Morgan fingerprint density at radius 1 is 1.25 bits per heavy atom. The summed E-state index contributed by atoms with van der Waals surface area (Å²) in [4.78, 5) is 13.3. The predicted octanol–water partition coefficient (Wildman–Crippen LogP) is 3.34. The molecule has 132 valence electrons. The van der Waals surface area contributed by atoms with Crippen LogP contribution in [0.4, 0.5) is 0 Å². The molecule has 2 rings (SSSR count). The van der Waals surface area contributed by atoms with E-state index in [0.717, 1.165) is 40.8 Å². The van der Waals surface area contributed by atoms with Crippen molar-refractivity contribution < 1.29 is 9.32 Å². The number of carbonyl (C=O) groups excluding carboxylic acids is 1. The number of benzene rings is 1. The summed E-state index contributed by atoms with van der Waals surface area (Å²) < 4.78 is 5.19. The van der Waals surface area contributed by atoms with Crippen LogP contribution in [0.2, 0.25) is 0 Å². The summed E-state index contributed by atoms with van der Waals surface area (Å²) in [6, 6.07) is 7.67. The molecular formula is C17H24ClN3O2S. The van der Waals surface area contributed by atoms with Gasteiger partial charge in [0.1, 0.15) is 5.76 Å². The maximum atomic E-state index is 12.3. The van der Waals surface area contributed by atoms with Crippen LogP contribution in [0.5, 0.6) is 0 Å². The topological polar surface area (TPSA) is 67.2 Å². The molecule has 0 bridgehead atoms. The lowest BCUT2D eigenvalue weighted by molar-refractivity contribution is 0.0951. The van der Waals surface area contributed by atoms with Gasteiger partial charge in [-0.25, -0.2) is 0 Å². The van der Waals surface area contributed by atoms with Crippen LogP contribution < -0.4 is 10.6 Å². The molecule has 5 nitrogen and oxygen atoms in total. The van der Waals surface area contributed by atoms with Crippen LogP contribution in [0.25, 0.3) is 0 Å². The fourth-order valence-electron chi connectivity index (χ4n) is 2.17. The fourth-order valence-corrected chi connectivity index (χ4v) is 3.38. The van der Waals surface area contributed by atoms with Crippen molar-refractivity contribution in [2.75, 3.05) is 19.6 Å². The van der Waals surface area contributed by atoms with E-state index in [1.54, 1.807) is 11.8 Å². The van der Waals surface area contributed by atoms with E-state index in [4.69, 9.17) is 4.52 Å². The molecular weight excluding hydrogens is 346 g/mol. The maximum Gasteiger partial charge on any atom is 0.252 e. The fraction of sp³-hybridized carbons (Fsp3) is 0.412. The number of thioether (sulfide) groups is 1. The Bertz CT molecular complexity index is 642. The lowest BCUT2D eigenvalue weighted by Gasteiger charge is -2.10. The molecule has 0 aliphatic rings. The smallest absolute Gasteiger partial charge is 0.252 e. The van der Waals surface area contributed by atoms with Crippen molar-refractivity contribution in [3.8, 4) is 0 Å². The monoisotopic (exact) mass is 369 g/mol. The molecule has 0 spiro atoms. The molecule has 0 fully saturated rings. The van der Waals surface area contributed by atoms with Gasteiger partial charge in [0.25, 0.3) is 5.91 Å². The summed E-state index contributed by atoms with van der Waals surface area (Å²) in [6.45, 7) is 8.19. The quantitative estimate of drug-likeness (QED) is 0.551. The molecule has 24 heavy (non-hydrogen) atoms. The van der Waals surface area contributed by atoms with Crippen molar-refractivity contribution in [3.63, 3.8) is 0 Å². The van der Waals surface area contributed by atoms with E-state index in [2.05, 4.69) is 15.8 Å². The second kappa shape index (κ2) is 10.4. The molecule has 0 saturated carbocycles. The summed E-state index contributed by atoms with van der Waals surface area (Å²) in [7, 11) is 0. The predicted molar refractivity (Wildman–Crippen MR) is 100 cm³/mol. The van der Waals surface area contributed by atoms with Crippen LogP contribution in [-0.4, -0.2) is 30.7 Å². The number of halogens is 1. The highest BCUT2D eigenvalue weighted by atomic mass is 35.5. The van der Waals surface area contributed by atoms with Crippen LogP contribution in [-0.2, 0) is 5.75 Å². The van der Waals surface area contributed by atoms with Gasteiger partial charge in [-0.2, -0.15) is 0 Å². The third-order valence-electron chi connectivity index (χ3n) is 3.52. The normalized spacial score (nSPS) is 10.3. The molecule has 0 saturated heterocycles. The molecule has 2 N–H and O–H groups in total. The summed E-state index contributed by atoms with van der Waals surface area (Å²) in [5.74, 6) is 1.54. The summed E-state index contributed by atoms with van der Waals surface area (Å²) in [5.41, 5.74) is 2.71. The van der Waals surface area contributed by atoms with Gasteiger partial charge in [-0.15, -0.1) is 24.2 Å². The number of likely N-dealkylation sites (N-methyl/N-ethyl adjacent to an activating group) is 1. The Labute approximate surface area is 153 Å². The molecule has 0 aliphatic carbocycles. The number of hydrogen-bond acceptors (Lipinski definition) is 5. The molecule has 0 unspecified atom stereocenters. The first-order chi connectivity index (χ1) is 11.1. The molecule has 1 amide bonds. The maximum absolute atomic E-state index is 12.3. The van der Waals surface area contributed by atoms with E-state index < -0.39 is 0 Å². The van der Waals surface area contributed by atoms with E-state index in [9.17, 15) is 4.79 Å². The number of rotatable bonds is 8. The second-order valence-corrected chi connectivity index (χ2v) is 6.21. The lowest BCUT2D eigenvalue weighted by Crippen LogP contribution is -2.31. The van der Waals surface area contributed by atoms with E-state index in [-0.39, 0.29) is 18.3 Å². The number of nitrogens with zero attached hydrogens (tertiary/aromatic N) is 1. The Kier molecular flexibility index (Phi) is 8.89. The third-order valence-corrected chi connectivity index (χ3v) is 4.62. The van der Waals surface area contributed by atoms with Crippen molar-refractivity contribution >= 4 is 30.1 Å². The highest BCUT2D eigenvalue weighted by Gasteiger charge is 2.14. The van der Waals surface area contributed by atoms with Gasteiger partial charge in [0.2, 0.25) is 0 Å². The van der Waals surface area contributed by atoms with Crippen molar-refractivity contribution in [2.24, 2.45) is 0 Å². The van der Waals surface area contributed by atoms with E-state index >= 15 is 0 Å². The van der Waals surface area contributed by atoms with Gasteiger partial charge < -0.3 is 15.2 Å². The van der Waals surface area contributed by atoms with Gasteiger partial charge in [0, 0.05) is 29.3 Å². The van der Waals surface area contributed by atoms with Crippen LogP contribution in [0.15, 0.2) is 33.7 Å². The standard InChI is InChI=1S/C17H23N3O2S.ClH/c1-4-18-9-10-19-17(21)14-7-5-6-8-16(14)23-11-15-12(2)20-22-13(15)3;/h5-8,18H,4,9-11H2,1-3H3,(H,19,21);1H. The largest absolute Gasteiger partial charge is 0.361 e. The van der Waals surface area contributed by atoms with Crippen LogP contribution in [0.1, 0.15) is 34.3 Å². The van der Waals surface area contributed by atoms with Crippen LogP contribution >= 0.6 is 24.2 Å². The molecule has 0 aliphatic heterocycles. The molecule has 0 atom stereocenters. The molecule has 2 aromatic rings. The third kappa shape index (κ3) is 5.54. The molecule has 1 aromatic heterocycles. The van der Waals surface area contributed by atoms with E-state index in [1.165, 1.54) is 0 Å². The van der Waals surface area contributed by atoms with Gasteiger partial charge in [-0.1, -0.05) is 24.2 Å². The van der Waals surface area contributed by atoms with Gasteiger partial charge in [-0.3, -0.25) is 4.79 Å². The average molecular weight is 370 g/mol. The van der Waals surface area contributed by atoms with Crippen molar-refractivity contribution in [3.05, 3.63) is 46.8 Å². The van der Waals surface area contributed by atoms with E-state index in [0.29, 0.717) is 12.1 Å². The first-order valence-corrected chi connectivity index (χ1v) is 8.74. The number of carbonyl (C=O) groups is 1. The van der Waals surface area contributed by atoms with Crippen LogP contribution in [0, 0.1) is 13.8 Å². The highest BCUT2D eigenvalue weighted by Crippen LogP contribution is 2.28. The number of nitrogens with one attached hydrogen (secondary N) is 2. The highest BCUT2D eigenvalue weighted by molar-refractivity contribution is 7.98. The summed E-state index contributed by atoms with van der Waals surface area (Å²) in [6.07, 6.45) is 0. The van der Waals surface area contributed by atoms with Gasteiger partial charge in [0.15, 0.2) is 0 Å². The Morgan fingerprint density at radius 2 is 2.00 bits per heavy atom. The number of aromatic nitrogens is 1. The molecule has 1 heterocycles. The van der Waals surface area contributed by atoms with Crippen LogP contribution in [0.3, 0.4) is 0 Å². The zero-order valence-electron chi connectivity index (χ0n) is 14.2.